The van der Waals surface area contributed by atoms with Crippen LogP contribution in [0.15, 0.2) is 42.5 Å². The molecule has 0 aliphatic heterocycles. The number of hydrogen-bond donors (Lipinski definition) is 3. The highest BCUT2D eigenvalue weighted by atomic mass is 16.6. The van der Waals surface area contributed by atoms with Crippen molar-refractivity contribution >= 4 is 34.6 Å². The molecule has 2 aromatic carbocycles. The van der Waals surface area contributed by atoms with Crippen LogP contribution in [0.5, 0.6) is 0 Å². The van der Waals surface area contributed by atoms with E-state index >= 15 is 0 Å². The maximum absolute atomic E-state index is 11.3. The minimum Gasteiger partial charge on any atom is -0.478 e. The fourth-order valence-electron chi connectivity index (χ4n) is 1.99. The van der Waals surface area contributed by atoms with Gasteiger partial charge in [0.25, 0.3) is 5.69 Å². The number of rotatable bonds is 5. The molecule has 0 aliphatic carbocycles. The monoisotopic (exact) mass is 315 g/mol. The van der Waals surface area contributed by atoms with Gasteiger partial charge in [-0.1, -0.05) is 18.2 Å². The molecule has 0 spiro atoms. The molecule has 0 saturated carbocycles. The van der Waals surface area contributed by atoms with Crippen LogP contribution in [-0.4, -0.2) is 21.9 Å². The minimum atomic E-state index is -1.37. The first-order chi connectivity index (χ1) is 10.9. The van der Waals surface area contributed by atoms with Crippen molar-refractivity contribution in [3.8, 4) is 0 Å². The third-order valence-electron chi connectivity index (χ3n) is 2.93. The summed E-state index contributed by atoms with van der Waals surface area (Å²) < 4.78 is 0. The van der Waals surface area contributed by atoms with E-state index < -0.39 is 22.5 Å². The topological polar surface area (TPSA) is 122 Å². The van der Waals surface area contributed by atoms with Crippen molar-refractivity contribution < 1.29 is 19.6 Å². The molecule has 0 aromatic heterocycles. The highest BCUT2D eigenvalue weighted by Crippen LogP contribution is 2.33. The Kier molecular flexibility index (Phi) is 4.55. The molecule has 3 N–H and O–H groups in total. The summed E-state index contributed by atoms with van der Waals surface area (Å²) >= 11 is 0. The normalized spacial score (nSPS) is 9.96. The van der Waals surface area contributed by atoms with Gasteiger partial charge in [0.05, 0.1) is 16.2 Å². The number of para-hydroxylation sites is 1. The molecule has 0 aliphatic rings. The number of hydrogen-bond acceptors (Lipinski definition) is 5. The maximum Gasteiger partial charge on any atom is 0.338 e. The van der Waals surface area contributed by atoms with Gasteiger partial charge in [0, 0.05) is 18.7 Å². The first kappa shape index (κ1) is 16.0. The summed E-state index contributed by atoms with van der Waals surface area (Å²) in [6.07, 6.45) is 0. The van der Waals surface area contributed by atoms with Gasteiger partial charge >= 0.3 is 5.97 Å². The van der Waals surface area contributed by atoms with Crippen molar-refractivity contribution in [1.29, 1.82) is 0 Å². The Balaban J connectivity index is 2.56. The van der Waals surface area contributed by atoms with Crippen LogP contribution < -0.4 is 10.6 Å². The highest BCUT2D eigenvalue weighted by Gasteiger charge is 2.22. The lowest BCUT2D eigenvalue weighted by Crippen LogP contribution is -2.12. The first-order valence-electron chi connectivity index (χ1n) is 6.54. The van der Waals surface area contributed by atoms with Crippen LogP contribution in [0.4, 0.5) is 22.7 Å². The molecule has 2 rings (SSSR count). The van der Waals surface area contributed by atoms with E-state index in [0.29, 0.717) is 5.69 Å². The van der Waals surface area contributed by atoms with E-state index in [9.17, 15) is 24.8 Å². The van der Waals surface area contributed by atoms with Gasteiger partial charge in [-0.3, -0.25) is 14.9 Å². The van der Waals surface area contributed by atoms with Gasteiger partial charge in [0.15, 0.2) is 0 Å². The van der Waals surface area contributed by atoms with Crippen molar-refractivity contribution in [1.82, 2.24) is 0 Å². The van der Waals surface area contributed by atoms with Crippen LogP contribution in [0.2, 0.25) is 0 Å². The Labute approximate surface area is 130 Å². The molecule has 1 amide bonds. The number of nitro benzene ring substituents is 1. The van der Waals surface area contributed by atoms with Crippen molar-refractivity contribution in [3.63, 3.8) is 0 Å². The van der Waals surface area contributed by atoms with Crippen LogP contribution in [0.3, 0.4) is 0 Å². The molecule has 0 bridgehead atoms. The predicted molar refractivity (Wildman–Crippen MR) is 84.1 cm³/mol. The third-order valence-corrected chi connectivity index (χ3v) is 2.93. The number of carbonyl (C=O) groups is 2. The number of nitrogens with zero attached hydrogens (tertiary/aromatic N) is 1. The molecular formula is C15H13N3O5. The molecule has 118 valence electrons. The molecule has 0 radical (unpaired) electrons. The molecule has 2 aromatic rings. The highest BCUT2D eigenvalue weighted by molar-refractivity contribution is 6.02. The van der Waals surface area contributed by atoms with Gasteiger partial charge in [-0.2, -0.15) is 0 Å². The van der Waals surface area contributed by atoms with Crippen molar-refractivity contribution in [2.24, 2.45) is 0 Å². The van der Waals surface area contributed by atoms with E-state index in [1.54, 1.807) is 30.3 Å². The average molecular weight is 315 g/mol. The van der Waals surface area contributed by atoms with Crippen LogP contribution in [0, 0.1) is 10.1 Å². The SMILES string of the molecule is CC(=O)Nc1cc(Nc2ccccc2)c([N+](=O)[O-])cc1C(=O)O. The zero-order valence-corrected chi connectivity index (χ0v) is 12.1. The molecule has 0 unspecified atom stereocenters. The quantitative estimate of drug-likeness (QED) is 0.576. The lowest BCUT2D eigenvalue weighted by molar-refractivity contribution is -0.383. The Morgan fingerprint density at radius 3 is 2.30 bits per heavy atom. The van der Waals surface area contributed by atoms with Gasteiger partial charge in [-0.05, 0) is 18.2 Å². The van der Waals surface area contributed by atoms with Gasteiger partial charge < -0.3 is 15.7 Å². The molecule has 0 saturated heterocycles. The van der Waals surface area contributed by atoms with Crippen LogP contribution in [-0.2, 0) is 4.79 Å². The molecule has 23 heavy (non-hydrogen) atoms. The zero-order valence-electron chi connectivity index (χ0n) is 12.1. The third kappa shape index (κ3) is 3.82. The summed E-state index contributed by atoms with van der Waals surface area (Å²) in [7, 11) is 0. The number of aromatic carboxylic acids is 1. The second kappa shape index (κ2) is 6.56. The predicted octanol–water partition coefficient (Wildman–Crippen LogP) is 3.00. The fraction of sp³-hybridized carbons (Fsp3) is 0.0667. The molecule has 0 heterocycles. The standard InChI is InChI=1S/C15H13N3O5/c1-9(19)16-12-8-13(17-10-5-3-2-4-6-10)14(18(22)23)7-11(12)15(20)21/h2-8,17H,1H3,(H,16,19)(H,20,21). The van der Waals surface area contributed by atoms with E-state index in [4.69, 9.17) is 0 Å². The van der Waals surface area contributed by atoms with Crippen molar-refractivity contribution in [3.05, 3.63) is 58.1 Å². The van der Waals surface area contributed by atoms with E-state index in [1.165, 1.54) is 13.0 Å². The lowest BCUT2D eigenvalue weighted by Gasteiger charge is -2.12. The number of anilines is 3. The van der Waals surface area contributed by atoms with Crippen LogP contribution in [0.1, 0.15) is 17.3 Å². The number of carboxylic acids is 1. The minimum absolute atomic E-state index is 0.0194. The summed E-state index contributed by atoms with van der Waals surface area (Å²) in [4.78, 5) is 33.0. The summed E-state index contributed by atoms with van der Waals surface area (Å²) in [6, 6.07) is 10.8. The van der Waals surface area contributed by atoms with E-state index in [-0.39, 0.29) is 16.9 Å². The first-order valence-corrected chi connectivity index (χ1v) is 6.54. The van der Waals surface area contributed by atoms with E-state index in [2.05, 4.69) is 10.6 Å². The molecule has 0 fully saturated rings. The Morgan fingerprint density at radius 2 is 1.78 bits per heavy atom. The van der Waals surface area contributed by atoms with Gasteiger partial charge in [-0.25, -0.2) is 4.79 Å². The van der Waals surface area contributed by atoms with E-state index in [1.807, 2.05) is 0 Å². The molecule has 8 heteroatoms. The number of carboxylic acid groups (broad SMARTS) is 1. The summed E-state index contributed by atoms with van der Waals surface area (Å²) in [6.45, 7) is 1.22. The second-order valence-electron chi connectivity index (χ2n) is 4.65. The number of nitrogens with one attached hydrogen (secondary N) is 2. The molecule has 8 nitrogen and oxygen atoms in total. The average Bonchev–Trinajstić information content (AvgIpc) is 2.47. The zero-order chi connectivity index (χ0) is 17.0. The maximum atomic E-state index is 11.3. The number of benzene rings is 2. The lowest BCUT2D eigenvalue weighted by atomic mass is 10.1. The number of nitro groups is 1. The Hall–Kier alpha value is -3.42. The number of carbonyl (C=O) groups excluding carboxylic acids is 1. The van der Waals surface area contributed by atoms with Crippen molar-refractivity contribution in [2.75, 3.05) is 10.6 Å². The smallest absolute Gasteiger partial charge is 0.338 e. The van der Waals surface area contributed by atoms with E-state index in [0.717, 1.165) is 6.07 Å². The molecule has 0 atom stereocenters. The summed E-state index contributed by atoms with van der Waals surface area (Å²) in [5.74, 6) is -1.85. The largest absolute Gasteiger partial charge is 0.478 e. The fourth-order valence-corrected chi connectivity index (χ4v) is 1.99. The Bertz CT molecular complexity index is 774. The molecular weight excluding hydrogens is 302 g/mol. The Morgan fingerprint density at radius 1 is 1.13 bits per heavy atom. The van der Waals surface area contributed by atoms with Gasteiger partial charge in [-0.15, -0.1) is 0 Å². The van der Waals surface area contributed by atoms with Crippen molar-refractivity contribution in [2.45, 2.75) is 6.92 Å². The van der Waals surface area contributed by atoms with Crippen LogP contribution in [0.25, 0.3) is 0 Å². The van der Waals surface area contributed by atoms with Gasteiger partial charge in [0.2, 0.25) is 5.91 Å². The number of amides is 1. The summed E-state index contributed by atoms with van der Waals surface area (Å²) in [5.41, 5.74) is -0.109. The second-order valence-corrected chi connectivity index (χ2v) is 4.65. The summed E-state index contributed by atoms with van der Waals surface area (Å²) in [5, 5.41) is 25.6. The van der Waals surface area contributed by atoms with Crippen LogP contribution >= 0.6 is 0 Å². The van der Waals surface area contributed by atoms with Gasteiger partial charge in [0.1, 0.15) is 5.69 Å².